The maximum absolute atomic E-state index is 6.72. The summed E-state index contributed by atoms with van der Waals surface area (Å²) in [4.78, 5) is 16.5. The van der Waals surface area contributed by atoms with Crippen molar-refractivity contribution in [3.63, 3.8) is 0 Å². The number of aryl methyl sites for hydroxylation is 1. The number of anilines is 1. The molecular weight excluding hydrogens is 456 g/mol. The summed E-state index contributed by atoms with van der Waals surface area (Å²) in [5, 5.41) is 1.67. The predicted octanol–water partition coefficient (Wildman–Crippen LogP) is 2.08. The van der Waals surface area contributed by atoms with Crippen LogP contribution >= 0.6 is 11.6 Å². The van der Waals surface area contributed by atoms with Gasteiger partial charge in [-0.25, -0.2) is 4.98 Å². The predicted molar refractivity (Wildman–Crippen MR) is 137 cm³/mol. The van der Waals surface area contributed by atoms with E-state index in [-0.39, 0.29) is 11.3 Å². The minimum Gasteiger partial charge on any atom is -0.403 e. The zero-order chi connectivity index (χ0) is 23.8. The largest absolute Gasteiger partial charge is 0.403 e. The number of imidazole rings is 1. The van der Waals surface area contributed by atoms with Gasteiger partial charge in [0.15, 0.2) is 5.82 Å². The lowest BCUT2D eigenvalue weighted by atomic mass is 9.64. The van der Waals surface area contributed by atoms with E-state index in [1.165, 1.54) is 11.3 Å². The van der Waals surface area contributed by atoms with Crippen molar-refractivity contribution < 1.29 is 0 Å². The Morgan fingerprint density at radius 1 is 1.17 bits per heavy atom. The van der Waals surface area contributed by atoms with Gasteiger partial charge in [-0.3, -0.25) is 9.97 Å². The van der Waals surface area contributed by atoms with E-state index in [1.807, 2.05) is 25.4 Å². The minimum atomic E-state index is -0.359. The molecule has 0 amide bonds. The zero-order valence-corrected chi connectivity index (χ0v) is 20.5. The standard InChI is InChI=1S/C28H27ClN6/c1-18-25(29)21(5-10-31-18)28-6-4-20(28)13-24-33-26(23(16-30)35(24)17-28)34-11-7-27(8-12-34)14-19-3-2-9-32-22(19)15-27/h2-3,5,9-10,13,16,20H,7-8,11-12,14-15,17,30H2,1H3/b23-16-. The Morgan fingerprint density at radius 2 is 2.03 bits per heavy atom. The molecule has 0 saturated carbocycles. The number of hydrogen-bond donors (Lipinski definition) is 1. The molecule has 3 aromatic heterocycles. The summed E-state index contributed by atoms with van der Waals surface area (Å²) in [6, 6.07) is 6.32. The zero-order valence-electron chi connectivity index (χ0n) is 19.8. The average molecular weight is 483 g/mol. The van der Waals surface area contributed by atoms with Crippen LogP contribution in [0.15, 0.2) is 30.6 Å². The van der Waals surface area contributed by atoms with E-state index in [4.69, 9.17) is 22.3 Å². The Hall–Kier alpha value is -3.30. The van der Waals surface area contributed by atoms with Crippen molar-refractivity contribution in [1.82, 2.24) is 19.5 Å². The molecule has 0 radical (unpaired) electrons. The highest BCUT2D eigenvalue weighted by Crippen LogP contribution is 2.45. The molecule has 6 nitrogen and oxygen atoms in total. The van der Waals surface area contributed by atoms with Gasteiger partial charge in [0.25, 0.3) is 0 Å². The third kappa shape index (κ3) is 2.94. The topological polar surface area (TPSA) is 72.9 Å². The molecule has 2 unspecified atom stereocenters. The molecule has 5 heterocycles. The van der Waals surface area contributed by atoms with E-state index in [0.717, 1.165) is 66.7 Å². The van der Waals surface area contributed by atoms with Gasteiger partial charge in [-0.05, 0) is 67.4 Å². The van der Waals surface area contributed by atoms with E-state index in [9.17, 15) is 0 Å². The number of fused-ring (bicyclic) bond motifs is 3. The Kier molecular flexibility index (Phi) is 4.41. The van der Waals surface area contributed by atoms with Gasteiger partial charge in [0.1, 0.15) is 10.8 Å². The highest BCUT2D eigenvalue weighted by Gasteiger charge is 2.47. The second-order valence-corrected chi connectivity index (χ2v) is 10.9. The fourth-order valence-electron chi connectivity index (χ4n) is 6.58. The molecule has 176 valence electrons. The molecule has 1 spiro atoms. The Balaban J connectivity index is 1.20. The number of pyridine rings is 2. The first-order chi connectivity index (χ1) is 17.0. The maximum Gasteiger partial charge on any atom is 0.156 e. The van der Waals surface area contributed by atoms with E-state index < -0.39 is 0 Å². The molecule has 7 rings (SSSR count). The monoisotopic (exact) mass is 482 g/mol. The van der Waals surface area contributed by atoms with Crippen molar-refractivity contribution in [1.29, 1.82) is 0 Å². The Morgan fingerprint density at radius 3 is 2.77 bits per heavy atom. The van der Waals surface area contributed by atoms with Crippen LogP contribution in [0.3, 0.4) is 0 Å². The molecular formula is C28H27ClN6. The lowest BCUT2D eigenvalue weighted by Crippen LogP contribution is -2.51. The Bertz CT molecular complexity index is 1530. The summed E-state index contributed by atoms with van der Waals surface area (Å²) in [5.74, 6) is 7.86. The summed E-state index contributed by atoms with van der Waals surface area (Å²) in [5.41, 5.74) is 11.7. The van der Waals surface area contributed by atoms with E-state index in [2.05, 4.69) is 49.5 Å². The summed E-state index contributed by atoms with van der Waals surface area (Å²) in [6.45, 7) is 4.59. The molecule has 4 aliphatic rings. The number of aromatic nitrogens is 4. The molecule has 1 fully saturated rings. The van der Waals surface area contributed by atoms with Gasteiger partial charge in [0.2, 0.25) is 0 Å². The van der Waals surface area contributed by atoms with Crippen LogP contribution in [0.1, 0.15) is 35.4 Å². The lowest BCUT2D eigenvalue weighted by Gasteiger charge is -2.41. The summed E-state index contributed by atoms with van der Waals surface area (Å²) >= 11 is 6.72. The molecule has 2 aliphatic heterocycles. The highest BCUT2D eigenvalue weighted by atomic mass is 35.5. The molecule has 2 aliphatic carbocycles. The minimum absolute atomic E-state index is 0.0873. The summed E-state index contributed by atoms with van der Waals surface area (Å²) in [7, 11) is 0. The van der Waals surface area contributed by atoms with Gasteiger partial charge >= 0.3 is 0 Å². The Labute approximate surface area is 209 Å². The van der Waals surface area contributed by atoms with Crippen LogP contribution in [0.5, 0.6) is 0 Å². The number of nitrogens with zero attached hydrogens (tertiary/aromatic N) is 5. The molecule has 2 N–H and O–H groups in total. The quantitative estimate of drug-likeness (QED) is 0.566. The van der Waals surface area contributed by atoms with Crippen molar-refractivity contribution in [3.05, 3.63) is 69.0 Å². The number of piperidine rings is 1. The third-order valence-electron chi connectivity index (χ3n) is 8.64. The molecule has 0 aromatic carbocycles. The first-order valence-corrected chi connectivity index (χ1v) is 12.7. The van der Waals surface area contributed by atoms with Crippen molar-refractivity contribution in [2.75, 3.05) is 18.0 Å². The van der Waals surface area contributed by atoms with Gasteiger partial charge in [-0.1, -0.05) is 29.5 Å². The van der Waals surface area contributed by atoms with Gasteiger partial charge in [-0.15, -0.1) is 0 Å². The lowest BCUT2D eigenvalue weighted by molar-refractivity contribution is 0.231. The maximum atomic E-state index is 6.72. The molecule has 1 saturated heterocycles. The van der Waals surface area contributed by atoms with Crippen LogP contribution < -0.4 is 21.5 Å². The number of nitrogens with two attached hydrogens (primary N) is 1. The molecule has 3 aromatic rings. The second-order valence-electron chi connectivity index (χ2n) is 10.5. The van der Waals surface area contributed by atoms with Gasteiger partial charge in [-0.2, -0.15) is 0 Å². The highest BCUT2D eigenvalue weighted by molar-refractivity contribution is 6.32. The van der Waals surface area contributed by atoms with Crippen molar-refractivity contribution in [2.24, 2.45) is 17.1 Å². The number of hydrogen-bond acceptors (Lipinski definition) is 5. The van der Waals surface area contributed by atoms with Gasteiger partial charge in [0.05, 0.1) is 22.0 Å². The number of halogens is 1. The van der Waals surface area contributed by atoms with E-state index >= 15 is 0 Å². The van der Waals surface area contributed by atoms with Crippen LogP contribution in [0.2, 0.25) is 5.02 Å². The van der Waals surface area contributed by atoms with Gasteiger partial charge in [0, 0.05) is 43.9 Å². The van der Waals surface area contributed by atoms with E-state index in [1.54, 1.807) is 6.20 Å². The fourth-order valence-corrected chi connectivity index (χ4v) is 6.86. The summed E-state index contributed by atoms with van der Waals surface area (Å²) in [6.07, 6.45) is 12.2. The summed E-state index contributed by atoms with van der Waals surface area (Å²) < 4.78 is 2.23. The SMILES string of the molecule is Cc1nccc(C23C#CC2C=c2nc(N4CCC5(CC4)Cc4cccnc4C5)/c(=C/N)n2C3)c1Cl. The normalized spacial score (nSPS) is 25.7. The first kappa shape index (κ1) is 21.0. The second kappa shape index (κ2) is 7.35. The van der Waals surface area contributed by atoms with Crippen LogP contribution in [0.4, 0.5) is 5.82 Å². The van der Waals surface area contributed by atoms with Crippen LogP contribution in [0, 0.1) is 30.1 Å². The third-order valence-corrected chi connectivity index (χ3v) is 9.12. The fraction of sp³-hybridized carbons (Fsp3) is 0.393. The van der Waals surface area contributed by atoms with Crippen molar-refractivity contribution in [3.8, 4) is 11.8 Å². The van der Waals surface area contributed by atoms with Crippen LogP contribution in [0.25, 0.3) is 12.3 Å². The van der Waals surface area contributed by atoms with Crippen molar-refractivity contribution in [2.45, 2.75) is 44.6 Å². The first-order valence-electron chi connectivity index (χ1n) is 12.3. The van der Waals surface area contributed by atoms with Crippen molar-refractivity contribution >= 4 is 29.7 Å². The van der Waals surface area contributed by atoms with Gasteiger partial charge < -0.3 is 15.2 Å². The molecule has 2 atom stereocenters. The smallest absolute Gasteiger partial charge is 0.156 e. The number of rotatable bonds is 2. The molecule has 0 bridgehead atoms. The van der Waals surface area contributed by atoms with Crippen LogP contribution in [-0.2, 0) is 24.8 Å². The van der Waals surface area contributed by atoms with E-state index in [0.29, 0.717) is 17.0 Å². The molecule has 7 heteroatoms. The molecule has 35 heavy (non-hydrogen) atoms. The van der Waals surface area contributed by atoms with Crippen LogP contribution in [-0.4, -0.2) is 32.6 Å². The average Bonchev–Trinajstić information content (AvgIpc) is 3.39.